The van der Waals surface area contributed by atoms with E-state index in [0.29, 0.717) is 0 Å². The van der Waals surface area contributed by atoms with Gasteiger partial charge >= 0.3 is 0 Å². The molecule has 1 N–H and O–H groups in total. The summed E-state index contributed by atoms with van der Waals surface area (Å²) in [6, 6.07) is 59.1. The zero-order chi connectivity index (χ0) is 29.0. The number of hydrogen-bond donors (Lipinski definition) is 1. The molecule has 2 nitrogen and oxygen atoms in total. The average Bonchev–Trinajstić information content (AvgIpc) is 3.65. The van der Waals surface area contributed by atoms with Crippen molar-refractivity contribution < 1.29 is 0 Å². The van der Waals surface area contributed by atoms with E-state index >= 15 is 0 Å². The van der Waals surface area contributed by atoms with Crippen molar-refractivity contribution in [3.63, 3.8) is 0 Å². The molecule has 0 fully saturated rings. The Morgan fingerprint density at radius 3 is 1.86 bits per heavy atom. The van der Waals surface area contributed by atoms with E-state index in [1.165, 1.54) is 77.2 Å². The fourth-order valence-electron chi connectivity index (χ4n) is 6.89. The summed E-state index contributed by atoms with van der Waals surface area (Å²) in [6.45, 7) is 0. The van der Waals surface area contributed by atoms with Crippen molar-refractivity contribution >= 4 is 43.6 Å². The molecule has 0 aliphatic heterocycles. The minimum atomic E-state index is 1.16. The lowest BCUT2D eigenvalue weighted by atomic mass is 9.96. The third kappa shape index (κ3) is 3.82. The number of hydrogen-bond acceptors (Lipinski definition) is 0. The molecule has 0 bridgehead atoms. The Kier molecular flexibility index (Phi) is 5.54. The van der Waals surface area contributed by atoms with Gasteiger partial charge in [0, 0.05) is 32.6 Å². The van der Waals surface area contributed by atoms with Gasteiger partial charge in [-0.15, -0.1) is 0 Å². The van der Waals surface area contributed by atoms with Crippen molar-refractivity contribution in [1.82, 2.24) is 9.55 Å². The summed E-state index contributed by atoms with van der Waals surface area (Å²) in [5, 5.41) is 5.00. The zero-order valence-electron chi connectivity index (χ0n) is 24.0. The first-order chi connectivity index (χ1) is 21.8. The lowest BCUT2D eigenvalue weighted by molar-refractivity contribution is 1.18. The molecule has 2 heteroatoms. The number of para-hydroxylation sites is 3. The van der Waals surface area contributed by atoms with Gasteiger partial charge in [-0.25, -0.2) is 0 Å². The Morgan fingerprint density at radius 2 is 1.00 bits per heavy atom. The highest BCUT2D eigenvalue weighted by Crippen LogP contribution is 2.41. The van der Waals surface area contributed by atoms with Gasteiger partial charge in [-0.2, -0.15) is 0 Å². The second-order valence-electron chi connectivity index (χ2n) is 11.4. The molecular weight excluding hydrogens is 532 g/mol. The van der Waals surface area contributed by atoms with Gasteiger partial charge in [0.05, 0.1) is 22.2 Å². The van der Waals surface area contributed by atoms with E-state index in [4.69, 9.17) is 0 Å². The van der Waals surface area contributed by atoms with Crippen LogP contribution in [0.25, 0.3) is 82.7 Å². The molecule has 0 radical (unpaired) electrons. The summed E-state index contributed by atoms with van der Waals surface area (Å²) in [5.74, 6) is 0. The van der Waals surface area contributed by atoms with Crippen LogP contribution in [-0.2, 0) is 0 Å². The Balaban J connectivity index is 1.24. The van der Waals surface area contributed by atoms with Gasteiger partial charge < -0.3 is 9.55 Å². The van der Waals surface area contributed by atoms with Gasteiger partial charge in [-0.1, -0.05) is 140 Å². The Bertz CT molecular complexity index is 2480. The van der Waals surface area contributed by atoms with Gasteiger partial charge in [0.2, 0.25) is 0 Å². The van der Waals surface area contributed by atoms with Crippen molar-refractivity contribution in [2.24, 2.45) is 0 Å². The predicted octanol–water partition coefficient (Wildman–Crippen LogP) is 11.4. The number of aromatic amines is 1. The van der Waals surface area contributed by atoms with Crippen LogP contribution >= 0.6 is 0 Å². The number of benzene rings is 7. The highest BCUT2D eigenvalue weighted by atomic mass is 15.0. The quantitative estimate of drug-likeness (QED) is 0.221. The Morgan fingerprint density at radius 1 is 0.386 bits per heavy atom. The average molecular weight is 561 g/mol. The van der Waals surface area contributed by atoms with Crippen LogP contribution in [-0.4, -0.2) is 9.55 Å². The Labute approximate surface area is 255 Å². The van der Waals surface area contributed by atoms with E-state index in [-0.39, 0.29) is 0 Å². The second-order valence-corrected chi connectivity index (χ2v) is 11.4. The van der Waals surface area contributed by atoms with Crippen molar-refractivity contribution in [2.75, 3.05) is 0 Å². The van der Waals surface area contributed by atoms with Crippen molar-refractivity contribution in [3.05, 3.63) is 164 Å². The van der Waals surface area contributed by atoms with E-state index < -0.39 is 0 Å². The molecule has 0 aliphatic carbocycles. The first kappa shape index (κ1) is 24.7. The molecule has 0 spiro atoms. The van der Waals surface area contributed by atoms with Crippen LogP contribution in [0.1, 0.15) is 0 Å². The van der Waals surface area contributed by atoms with Crippen LogP contribution in [0.3, 0.4) is 0 Å². The third-order valence-corrected chi connectivity index (χ3v) is 8.96. The number of fused-ring (bicyclic) bond motifs is 7. The third-order valence-electron chi connectivity index (χ3n) is 8.96. The van der Waals surface area contributed by atoms with Gasteiger partial charge in [-0.3, -0.25) is 0 Å². The highest BCUT2D eigenvalue weighted by Gasteiger charge is 2.19. The number of H-pyrrole nitrogens is 1. The first-order valence-electron chi connectivity index (χ1n) is 15.1. The van der Waals surface area contributed by atoms with Crippen LogP contribution in [0.5, 0.6) is 0 Å². The van der Waals surface area contributed by atoms with Crippen LogP contribution in [0, 0.1) is 0 Å². The van der Waals surface area contributed by atoms with Gasteiger partial charge in [-0.05, 0) is 52.1 Å². The lowest BCUT2D eigenvalue weighted by Crippen LogP contribution is -1.97. The molecule has 2 aromatic heterocycles. The molecule has 0 unspecified atom stereocenters. The second kappa shape index (κ2) is 9.86. The molecule has 2 heterocycles. The number of aromatic nitrogens is 2. The minimum absolute atomic E-state index is 1.16. The molecule has 9 aromatic rings. The van der Waals surface area contributed by atoms with Gasteiger partial charge in [0.25, 0.3) is 0 Å². The predicted molar refractivity (Wildman–Crippen MR) is 186 cm³/mol. The number of rotatable bonds is 4. The molecule has 0 saturated carbocycles. The monoisotopic (exact) mass is 560 g/mol. The lowest BCUT2D eigenvalue weighted by Gasteiger charge is -2.15. The molecule has 7 aromatic carbocycles. The molecule has 0 amide bonds. The summed E-state index contributed by atoms with van der Waals surface area (Å²) >= 11 is 0. The largest absolute Gasteiger partial charge is 0.353 e. The molecule has 0 atom stereocenters. The molecule has 44 heavy (non-hydrogen) atoms. The summed E-state index contributed by atoms with van der Waals surface area (Å²) in [4.78, 5) is 3.78. The van der Waals surface area contributed by atoms with Gasteiger partial charge in [0.1, 0.15) is 0 Å². The van der Waals surface area contributed by atoms with Gasteiger partial charge in [0.15, 0.2) is 0 Å². The fourth-order valence-corrected chi connectivity index (χ4v) is 6.89. The van der Waals surface area contributed by atoms with Crippen LogP contribution in [0.15, 0.2) is 164 Å². The summed E-state index contributed by atoms with van der Waals surface area (Å²) in [5.41, 5.74) is 13.2. The molecule has 0 aliphatic rings. The molecule has 9 rings (SSSR count). The molecular formula is C42H28N2. The number of nitrogens with one attached hydrogen (secondary N) is 1. The smallest absolute Gasteiger partial charge is 0.0783 e. The van der Waals surface area contributed by atoms with E-state index in [2.05, 4.69) is 173 Å². The zero-order valence-corrected chi connectivity index (χ0v) is 24.0. The minimum Gasteiger partial charge on any atom is -0.353 e. The SMILES string of the molecule is c1ccc(-c2ccc(-c3cccc(-c4ccccc4-n4c5ccccc5c5ccc6c7ccccc7[nH]c6c54)c3)cc2)cc1. The normalized spacial score (nSPS) is 11.6. The van der Waals surface area contributed by atoms with Crippen molar-refractivity contribution in [1.29, 1.82) is 0 Å². The topological polar surface area (TPSA) is 20.7 Å². The van der Waals surface area contributed by atoms with E-state index in [1.807, 2.05) is 0 Å². The van der Waals surface area contributed by atoms with E-state index in [1.54, 1.807) is 0 Å². The summed E-state index contributed by atoms with van der Waals surface area (Å²) in [7, 11) is 0. The van der Waals surface area contributed by atoms with E-state index in [0.717, 1.165) is 5.52 Å². The van der Waals surface area contributed by atoms with Crippen LogP contribution < -0.4 is 0 Å². The Hall–Kier alpha value is -5.86. The molecule has 0 saturated heterocycles. The van der Waals surface area contributed by atoms with Crippen molar-refractivity contribution in [3.8, 4) is 39.1 Å². The summed E-state index contributed by atoms with van der Waals surface area (Å²) in [6.07, 6.45) is 0. The van der Waals surface area contributed by atoms with E-state index in [9.17, 15) is 0 Å². The molecule has 206 valence electrons. The highest BCUT2D eigenvalue weighted by molar-refractivity contribution is 6.22. The fraction of sp³-hybridized carbons (Fsp3) is 0. The maximum atomic E-state index is 3.78. The summed E-state index contributed by atoms with van der Waals surface area (Å²) < 4.78 is 2.46. The maximum Gasteiger partial charge on any atom is 0.0783 e. The van der Waals surface area contributed by atoms with Crippen molar-refractivity contribution in [2.45, 2.75) is 0 Å². The number of nitrogens with zero attached hydrogens (tertiary/aromatic N) is 1. The van der Waals surface area contributed by atoms with Crippen LogP contribution in [0.4, 0.5) is 0 Å². The standard InChI is InChI=1S/C42H28N2/c1-2-11-28(12-3-1)29-21-23-30(24-22-29)31-13-10-14-32(27-31)33-15-5-8-19-39(33)44-40-20-9-6-17-35(40)37-26-25-36-34-16-4-7-18-38(34)43-41(36)42(37)44/h1-27,43H. The van der Waals surface area contributed by atoms with Crippen LogP contribution in [0.2, 0.25) is 0 Å². The first-order valence-corrected chi connectivity index (χ1v) is 15.1. The maximum absolute atomic E-state index is 3.78.